The van der Waals surface area contributed by atoms with Gasteiger partial charge in [-0.1, -0.05) is 44.2 Å². The summed E-state index contributed by atoms with van der Waals surface area (Å²) >= 11 is 0. The molecule has 2 atom stereocenters. The minimum atomic E-state index is -0.450. The highest BCUT2D eigenvalue weighted by Gasteiger charge is 2.40. The van der Waals surface area contributed by atoms with Gasteiger partial charge in [0.25, 0.3) is 0 Å². The topological polar surface area (TPSA) is 44.8 Å². The number of amides is 1. The Morgan fingerprint density at radius 3 is 2.41 bits per heavy atom. The van der Waals surface area contributed by atoms with E-state index in [9.17, 15) is 4.79 Å². The Bertz CT molecular complexity index is 652. The van der Waals surface area contributed by atoms with E-state index in [1.54, 1.807) is 0 Å². The number of carbonyl (C=O) groups excluding carboxylic acids is 1. The van der Waals surface area contributed by atoms with Crippen molar-refractivity contribution in [3.63, 3.8) is 0 Å². The second kappa shape index (κ2) is 9.48. The quantitative estimate of drug-likeness (QED) is 0.711. The number of rotatable bonds is 8. The molecular formula is C24H39N3O2. The van der Waals surface area contributed by atoms with Crippen LogP contribution in [0.25, 0.3) is 0 Å². The Kier molecular flexibility index (Phi) is 7.23. The van der Waals surface area contributed by atoms with Crippen LogP contribution in [0.15, 0.2) is 30.3 Å². The molecule has 1 saturated heterocycles. The van der Waals surface area contributed by atoms with Crippen molar-refractivity contribution in [2.45, 2.75) is 71.7 Å². The maximum atomic E-state index is 12.7. The van der Waals surface area contributed by atoms with E-state index in [1.165, 1.54) is 18.4 Å². The summed E-state index contributed by atoms with van der Waals surface area (Å²) < 4.78 is 5.66. The highest BCUT2D eigenvalue weighted by Crippen LogP contribution is 2.33. The van der Waals surface area contributed by atoms with Gasteiger partial charge in [0, 0.05) is 44.8 Å². The maximum absolute atomic E-state index is 12.7. The molecule has 0 radical (unpaired) electrons. The zero-order valence-corrected chi connectivity index (χ0v) is 18.9. The second-order valence-electron chi connectivity index (χ2n) is 10.1. The largest absolute Gasteiger partial charge is 0.444 e. The van der Waals surface area contributed by atoms with Crippen LogP contribution in [0.3, 0.4) is 0 Å². The summed E-state index contributed by atoms with van der Waals surface area (Å²) in [6.07, 6.45) is 2.42. The van der Waals surface area contributed by atoms with Gasteiger partial charge in [-0.25, -0.2) is 4.79 Å². The summed E-state index contributed by atoms with van der Waals surface area (Å²) in [6.45, 7) is 14.7. The molecule has 1 aliphatic carbocycles. The van der Waals surface area contributed by atoms with Crippen LogP contribution in [0, 0.1) is 11.8 Å². The van der Waals surface area contributed by atoms with Gasteiger partial charge in [-0.2, -0.15) is 0 Å². The third-order valence-electron chi connectivity index (χ3n) is 5.78. The number of carbonyl (C=O) groups is 1. The van der Waals surface area contributed by atoms with Crippen LogP contribution < -0.4 is 5.32 Å². The molecule has 2 fully saturated rings. The molecule has 1 amide bonds. The lowest BCUT2D eigenvalue weighted by Gasteiger charge is -2.28. The SMILES string of the molecule is CC(C)NC[C@@H]1CN(C(=O)OC(C)(C)C)C[C@H]1CN(Cc1ccccc1)C1CC1. The third kappa shape index (κ3) is 7.00. The highest BCUT2D eigenvalue weighted by molar-refractivity contribution is 5.68. The van der Waals surface area contributed by atoms with Crippen molar-refractivity contribution in [1.82, 2.24) is 15.1 Å². The first-order chi connectivity index (χ1) is 13.7. The van der Waals surface area contributed by atoms with E-state index in [4.69, 9.17) is 4.74 Å². The average molecular weight is 402 g/mol. The van der Waals surface area contributed by atoms with Gasteiger partial charge in [-0.15, -0.1) is 0 Å². The van der Waals surface area contributed by atoms with Gasteiger partial charge in [0.2, 0.25) is 0 Å². The van der Waals surface area contributed by atoms with Gasteiger partial charge in [-0.3, -0.25) is 4.90 Å². The summed E-state index contributed by atoms with van der Waals surface area (Å²) in [5.74, 6) is 0.931. The molecular weight excluding hydrogens is 362 g/mol. The van der Waals surface area contributed by atoms with Crippen LogP contribution in [0.5, 0.6) is 0 Å². The van der Waals surface area contributed by atoms with Crippen molar-refractivity contribution >= 4 is 6.09 Å². The van der Waals surface area contributed by atoms with Gasteiger partial charge >= 0.3 is 6.09 Å². The smallest absolute Gasteiger partial charge is 0.410 e. The Morgan fingerprint density at radius 2 is 1.83 bits per heavy atom. The standard InChI is InChI=1S/C24H39N3O2/c1-18(2)25-13-20-15-27(23(28)29-24(3,4)5)17-21(20)16-26(22-11-12-22)14-19-9-7-6-8-10-19/h6-10,18,20-22,25H,11-17H2,1-5H3/t20-,21-/m1/s1. The second-order valence-corrected chi connectivity index (χ2v) is 10.1. The Hall–Kier alpha value is -1.59. The monoisotopic (exact) mass is 401 g/mol. The number of hydrogen-bond donors (Lipinski definition) is 1. The van der Waals surface area contributed by atoms with E-state index in [2.05, 4.69) is 54.4 Å². The number of nitrogens with one attached hydrogen (secondary N) is 1. The van der Waals surface area contributed by atoms with Gasteiger partial charge in [-0.05, 0) is 51.0 Å². The van der Waals surface area contributed by atoms with E-state index in [0.717, 1.165) is 32.7 Å². The highest BCUT2D eigenvalue weighted by atomic mass is 16.6. The van der Waals surface area contributed by atoms with Crippen molar-refractivity contribution in [2.24, 2.45) is 11.8 Å². The van der Waals surface area contributed by atoms with Gasteiger partial charge < -0.3 is 15.0 Å². The molecule has 1 heterocycles. The predicted molar refractivity (Wildman–Crippen MR) is 118 cm³/mol. The van der Waals surface area contributed by atoms with Crippen LogP contribution in [-0.2, 0) is 11.3 Å². The summed E-state index contributed by atoms with van der Waals surface area (Å²) in [4.78, 5) is 17.2. The van der Waals surface area contributed by atoms with Gasteiger partial charge in [0.1, 0.15) is 5.60 Å². The molecule has 1 aliphatic heterocycles. The predicted octanol–water partition coefficient (Wildman–Crippen LogP) is 4.13. The minimum Gasteiger partial charge on any atom is -0.444 e. The van der Waals surface area contributed by atoms with E-state index >= 15 is 0 Å². The summed E-state index contributed by atoms with van der Waals surface area (Å²) in [7, 11) is 0. The minimum absolute atomic E-state index is 0.171. The molecule has 1 saturated carbocycles. The van der Waals surface area contributed by atoms with E-state index in [1.807, 2.05) is 25.7 Å². The van der Waals surface area contributed by atoms with Crippen molar-refractivity contribution in [2.75, 3.05) is 26.2 Å². The van der Waals surface area contributed by atoms with Crippen molar-refractivity contribution < 1.29 is 9.53 Å². The number of nitrogens with zero attached hydrogens (tertiary/aromatic N) is 2. The van der Waals surface area contributed by atoms with E-state index in [-0.39, 0.29) is 6.09 Å². The third-order valence-corrected chi connectivity index (χ3v) is 5.78. The number of hydrogen-bond acceptors (Lipinski definition) is 4. The fourth-order valence-electron chi connectivity index (χ4n) is 4.14. The summed E-state index contributed by atoms with van der Waals surface area (Å²) in [5.41, 5.74) is 0.923. The zero-order valence-electron chi connectivity index (χ0n) is 18.9. The molecule has 29 heavy (non-hydrogen) atoms. The fraction of sp³-hybridized carbons (Fsp3) is 0.708. The first-order valence-corrected chi connectivity index (χ1v) is 11.2. The molecule has 0 aromatic heterocycles. The Labute approximate surface area is 176 Å². The average Bonchev–Trinajstić information content (AvgIpc) is 3.40. The van der Waals surface area contributed by atoms with Crippen LogP contribution in [0.1, 0.15) is 53.0 Å². The van der Waals surface area contributed by atoms with Gasteiger partial charge in [0.05, 0.1) is 0 Å². The Morgan fingerprint density at radius 1 is 1.17 bits per heavy atom. The molecule has 3 rings (SSSR count). The molecule has 2 aliphatic rings. The van der Waals surface area contributed by atoms with Gasteiger partial charge in [0.15, 0.2) is 0 Å². The summed E-state index contributed by atoms with van der Waals surface area (Å²) in [6, 6.07) is 11.9. The van der Waals surface area contributed by atoms with Crippen molar-refractivity contribution in [3.05, 3.63) is 35.9 Å². The number of benzene rings is 1. The number of ether oxygens (including phenoxy) is 1. The first kappa shape index (κ1) is 22.1. The lowest BCUT2D eigenvalue weighted by atomic mass is 9.94. The van der Waals surface area contributed by atoms with Crippen molar-refractivity contribution in [1.29, 1.82) is 0 Å². The van der Waals surface area contributed by atoms with Crippen LogP contribution in [-0.4, -0.2) is 59.8 Å². The summed E-state index contributed by atoms with van der Waals surface area (Å²) in [5, 5.41) is 3.60. The molecule has 0 unspecified atom stereocenters. The van der Waals surface area contributed by atoms with Crippen LogP contribution in [0.4, 0.5) is 4.79 Å². The van der Waals surface area contributed by atoms with E-state index in [0.29, 0.717) is 23.9 Å². The molecule has 5 nitrogen and oxygen atoms in total. The fourth-order valence-corrected chi connectivity index (χ4v) is 4.14. The lowest BCUT2D eigenvalue weighted by molar-refractivity contribution is 0.0281. The Balaban J connectivity index is 1.66. The van der Waals surface area contributed by atoms with Crippen LogP contribution >= 0.6 is 0 Å². The molecule has 5 heteroatoms. The molecule has 1 aromatic rings. The lowest BCUT2D eigenvalue weighted by Crippen LogP contribution is -2.38. The molecule has 0 bridgehead atoms. The van der Waals surface area contributed by atoms with Crippen molar-refractivity contribution in [3.8, 4) is 0 Å². The maximum Gasteiger partial charge on any atom is 0.410 e. The zero-order chi connectivity index (χ0) is 21.0. The first-order valence-electron chi connectivity index (χ1n) is 11.2. The molecule has 1 N–H and O–H groups in total. The van der Waals surface area contributed by atoms with Crippen LogP contribution in [0.2, 0.25) is 0 Å². The molecule has 162 valence electrons. The molecule has 0 spiro atoms. The normalized spacial score (nSPS) is 22.5. The molecule has 1 aromatic carbocycles. The number of likely N-dealkylation sites (tertiary alicyclic amines) is 1. The van der Waals surface area contributed by atoms with E-state index < -0.39 is 5.60 Å².